The zero-order chi connectivity index (χ0) is 13.8. The first-order valence-corrected chi connectivity index (χ1v) is 6.39. The van der Waals surface area contributed by atoms with Gasteiger partial charge in [0, 0.05) is 18.0 Å². The molecule has 0 bridgehead atoms. The summed E-state index contributed by atoms with van der Waals surface area (Å²) in [5.41, 5.74) is 4.81. The summed E-state index contributed by atoms with van der Waals surface area (Å²) in [6.07, 6.45) is 3.63. The topological polar surface area (TPSA) is 34.2 Å². The Morgan fingerprint density at radius 3 is 2.42 bits per heavy atom. The largest absolute Gasteiger partial charge is 0.496 e. The van der Waals surface area contributed by atoms with E-state index in [-0.39, 0.29) is 6.04 Å². The second-order valence-electron chi connectivity index (χ2n) is 4.70. The monoisotopic (exact) mass is 256 g/mol. The quantitative estimate of drug-likeness (QED) is 0.913. The van der Waals surface area contributed by atoms with Crippen LogP contribution in [0, 0.1) is 13.8 Å². The number of methoxy groups -OCH3 is 1. The molecule has 0 aliphatic carbocycles. The molecule has 100 valence electrons. The molecule has 3 heteroatoms. The molecule has 0 fully saturated rings. The highest BCUT2D eigenvalue weighted by molar-refractivity contribution is 5.48. The van der Waals surface area contributed by atoms with E-state index in [2.05, 4.69) is 36.3 Å². The third-order valence-electron chi connectivity index (χ3n) is 3.33. The fourth-order valence-corrected chi connectivity index (χ4v) is 2.51. The molecule has 2 rings (SSSR count). The van der Waals surface area contributed by atoms with Crippen LogP contribution in [0.5, 0.6) is 5.75 Å². The second kappa shape index (κ2) is 5.85. The van der Waals surface area contributed by atoms with Crippen LogP contribution in [0.15, 0.2) is 36.7 Å². The molecular weight excluding hydrogens is 236 g/mol. The number of pyridine rings is 1. The Kier molecular flexibility index (Phi) is 4.17. The molecule has 1 atom stereocenters. The summed E-state index contributed by atoms with van der Waals surface area (Å²) in [6, 6.07) is 8.43. The van der Waals surface area contributed by atoms with Crippen LogP contribution < -0.4 is 10.1 Å². The van der Waals surface area contributed by atoms with Crippen molar-refractivity contribution in [2.24, 2.45) is 0 Å². The van der Waals surface area contributed by atoms with Gasteiger partial charge in [-0.2, -0.15) is 0 Å². The van der Waals surface area contributed by atoms with Crippen molar-refractivity contribution in [3.8, 4) is 5.75 Å². The van der Waals surface area contributed by atoms with Gasteiger partial charge in [0.2, 0.25) is 0 Å². The third-order valence-corrected chi connectivity index (χ3v) is 3.33. The maximum absolute atomic E-state index is 5.56. The van der Waals surface area contributed by atoms with Gasteiger partial charge in [0.05, 0.1) is 13.2 Å². The Morgan fingerprint density at radius 1 is 1.16 bits per heavy atom. The lowest BCUT2D eigenvalue weighted by atomic mass is 9.93. The lowest BCUT2D eigenvalue weighted by Crippen LogP contribution is -2.19. The van der Waals surface area contributed by atoms with Gasteiger partial charge in [0.25, 0.3) is 0 Å². The smallest absolute Gasteiger partial charge is 0.124 e. The van der Waals surface area contributed by atoms with E-state index in [0.29, 0.717) is 0 Å². The summed E-state index contributed by atoms with van der Waals surface area (Å²) in [7, 11) is 3.68. The maximum atomic E-state index is 5.56. The number of hydrogen-bond acceptors (Lipinski definition) is 3. The van der Waals surface area contributed by atoms with Gasteiger partial charge in [-0.1, -0.05) is 6.07 Å². The molecule has 1 aromatic heterocycles. The van der Waals surface area contributed by atoms with E-state index in [9.17, 15) is 0 Å². The van der Waals surface area contributed by atoms with Crippen LogP contribution in [0.25, 0.3) is 0 Å². The first-order chi connectivity index (χ1) is 9.17. The fourth-order valence-electron chi connectivity index (χ4n) is 2.51. The van der Waals surface area contributed by atoms with Crippen molar-refractivity contribution in [3.63, 3.8) is 0 Å². The van der Waals surface area contributed by atoms with Gasteiger partial charge in [-0.05, 0) is 55.8 Å². The number of nitrogens with one attached hydrogen (secondary N) is 1. The van der Waals surface area contributed by atoms with E-state index in [1.807, 2.05) is 31.6 Å². The maximum Gasteiger partial charge on any atom is 0.124 e. The third kappa shape index (κ3) is 2.76. The Balaban J connectivity index is 2.55. The van der Waals surface area contributed by atoms with Gasteiger partial charge in [0.15, 0.2) is 0 Å². The lowest BCUT2D eigenvalue weighted by Gasteiger charge is -2.22. The number of aromatic nitrogens is 1. The van der Waals surface area contributed by atoms with Crippen LogP contribution in [0.4, 0.5) is 0 Å². The van der Waals surface area contributed by atoms with E-state index in [1.54, 1.807) is 7.11 Å². The first kappa shape index (κ1) is 13.6. The fraction of sp³-hybridized carbons (Fsp3) is 0.312. The van der Waals surface area contributed by atoms with Gasteiger partial charge in [0.1, 0.15) is 5.75 Å². The van der Waals surface area contributed by atoms with Crippen LogP contribution in [0.2, 0.25) is 0 Å². The molecule has 3 nitrogen and oxygen atoms in total. The van der Waals surface area contributed by atoms with Crippen molar-refractivity contribution in [3.05, 3.63) is 58.9 Å². The number of aryl methyl sites for hydroxylation is 2. The molecule has 19 heavy (non-hydrogen) atoms. The van der Waals surface area contributed by atoms with Crippen LogP contribution in [0.1, 0.15) is 28.3 Å². The number of hydrogen-bond donors (Lipinski definition) is 1. The predicted octanol–water partition coefficient (Wildman–Crippen LogP) is 3.02. The van der Waals surface area contributed by atoms with E-state index in [0.717, 1.165) is 5.75 Å². The minimum Gasteiger partial charge on any atom is -0.496 e. The molecule has 0 amide bonds. The van der Waals surface area contributed by atoms with Crippen molar-refractivity contribution >= 4 is 0 Å². The number of nitrogens with zero attached hydrogens (tertiary/aromatic N) is 1. The van der Waals surface area contributed by atoms with E-state index in [1.165, 1.54) is 22.3 Å². The van der Waals surface area contributed by atoms with Crippen molar-refractivity contribution in [2.75, 3.05) is 14.2 Å². The van der Waals surface area contributed by atoms with Gasteiger partial charge in [-0.3, -0.25) is 4.98 Å². The summed E-state index contributed by atoms with van der Waals surface area (Å²) >= 11 is 0. The molecule has 2 aromatic rings. The van der Waals surface area contributed by atoms with Crippen molar-refractivity contribution in [1.29, 1.82) is 0 Å². The summed E-state index contributed by atoms with van der Waals surface area (Å²) in [4.78, 5) is 4.08. The standard InChI is InChI=1S/C16H20N2O/c1-11-9-12(2)15(14(10-11)19-4)16(17-3)13-5-7-18-8-6-13/h5-10,16-17H,1-4H3. The second-order valence-corrected chi connectivity index (χ2v) is 4.70. The van der Waals surface area contributed by atoms with Gasteiger partial charge in [-0.15, -0.1) is 0 Å². The van der Waals surface area contributed by atoms with Crippen LogP contribution in [-0.4, -0.2) is 19.1 Å². The highest BCUT2D eigenvalue weighted by atomic mass is 16.5. The molecular formula is C16H20N2O. The summed E-state index contributed by atoms with van der Waals surface area (Å²) < 4.78 is 5.56. The molecule has 1 N–H and O–H groups in total. The average molecular weight is 256 g/mol. The summed E-state index contributed by atoms with van der Waals surface area (Å²) in [5.74, 6) is 0.925. The van der Waals surface area contributed by atoms with Gasteiger partial charge >= 0.3 is 0 Å². The van der Waals surface area contributed by atoms with Crippen molar-refractivity contribution < 1.29 is 4.74 Å². The Hall–Kier alpha value is -1.87. The van der Waals surface area contributed by atoms with Crippen LogP contribution >= 0.6 is 0 Å². The zero-order valence-electron chi connectivity index (χ0n) is 11.9. The van der Waals surface area contributed by atoms with Gasteiger partial charge < -0.3 is 10.1 Å². The summed E-state index contributed by atoms with van der Waals surface area (Å²) in [5, 5.41) is 3.36. The van der Waals surface area contributed by atoms with Crippen molar-refractivity contribution in [1.82, 2.24) is 10.3 Å². The van der Waals surface area contributed by atoms with Gasteiger partial charge in [-0.25, -0.2) is 0 Å². The Morgan fingerprint density at radius 2 is 1.84 bits per heavy atom. The first-order valence-electron chi connectivity index (χ1n) is 6.39. The highest BCUT2D eigenvalue weighted by Crippen LogP contribution is 2.33. The van der Waals surface area contributed by atoms with E-state index < -0.39 is 0 Å². The predicted molar refractivity (Wildman–Crippen MR) is 77.6 cm³/mol. The molecule has 1 unspecified atom stereocenters. The molecule has 1 aromatic carbocycles. The molecule has 0 saturated carbocycles. The molecule has 0 spiro atoms. The van der Waals surface area contributed by atoms with Crippen LogP contribution in [0.3, 0.4) is 0 Å². The minimum absolute atomic E-state index is 0.110. The average Bonchev–Trinajstić information content (AvgIpc) is 2.42. The lowest BCUT2D eigenvalue weighted by molar-refractivity contribution is 0.404. The van der Waals surface area contributed by atoms with E-state index in [4.69, 9.17) is 4.74 Å². The number of rotatable bonds is 4. The SMILES string of the molecule is CNC(c1ccncc1)c1c(C)cc(C)cc1OC. The van der Waals surface area contributed by atoms with Crippen molar-refractivity contribution in [2.45, 2.75) is 19.9 Å². The van der Waals surface area contributed by atoms with E-state index >= 15 is 0 Å². The molecule has 0 radical (unpaired) electrons. The zero-order valence-corrected chi connectivity index (χ0v) is 11.9. The number of ether oxygens (including phenoxy) is 1. The molecule has 0 aliphatic rings. The molecule has 0 aliphatic heterocycles. The Labute approximate surface area is 114 Å². The summed E-state index contributed by atoms with van der Waals surface area (Å²) in [6.45, 7) is 4.20. The van der Waals surface area contributed by atoms with Crippen LogP contribution in [-0.2, 0) is 0 Å². The number of benzene rings is 1. The Bertz CT molecular complexity index is 552. The normalized spacial score (nSPS) is 12.2. The molecule has 1 heterocycles. The highest BCUT2D eigenvalue weighted by Gasteiger charge is 2.19. The minimum atomic E-state index is 0.110. The molecule has 0 saturated heterocycles.